The molecule has 0 radical (unpaired) electrons. The van der Waals surface area contributed by atoms with Crippen LogP contribution in [0.1, 0.15) is 31.4 Å². The van der Waals surface area contributed by atoms with Gasteiger partial charge in [0.05, 0.1) is 28.2 Å². The Morgan fingerprint density at radius 1 is 1.35 bits per heavy atom. The lowest BCUT2D eigenvalue weighted by molar-refractivity contribution is 0.218. The van der Waals surface area contributed by atoms with Crippen molar-refractivity contribution in [1.82, 2.24) is 4.98 Å². The first-order chi connectivity index (χ1) is 12.5. The molecule has 2 atom stereocenters. The molecule has 0 aliphatic heterocycles. The van der Waals surface area contributed by atoms with Crippen LogP contribution in [0.25, 0.3) is 10.2 Å². The maximum absolute atomic E-state index is 12.5. The number of anilines is 1. The summed E-state index contributed by atoms with van der Waals surface area (Å²) in [4.78, 5) is 4.22. The summed E-state index contributed by atoms with van der Waals surface area (Å²) in [5.41, 5.74) is 7.05. The van der Waals surface area contributed by atoms with Crippen molar-refractivity contribution < 1.29 is 8.81 Å². The van der Waals surface area contributed by atoms with Gasteiger partial charge in [-0.3, -0.25) is 0 Å². The molecule has 3 heterocycles. The van der Waals surface area contributed by atoms with Crippen LogP contribution in [0.2, 0.25) is 10.2 Å². The third kappa shape index (κ3) is 4.88. The van der Waals surface area contributed by atoms with Crippen LogP contribution >= 0.6 is 34.5 Å². The van der Waals surface area contributed by atoms with Gasteiger partial charge in [-0.15, -0.1) is 11.3 Å². The number of nitrogens with one attached hydrogen (secondary N) is 1. The zero-order valence-electron chi connectivity index (χ0n) is 14.1. The summed E-state index contributed by atoms with van der Waals surface area (Å²) in [6, 6.07) is 5.39. The molecule has 4 rings (SSSR count). The first-order valence-electron chi connectivity index (χ1n) is 8.43. The van der Waals surface area contributed by atoms with Crippen LogP contribution in [0, 0.1) is 0 Å². The number of aromatic nitrogens is 1. The highest BCUT2D eigenvalue weighted by atomic mass is 35.5. The van der Waals surface area contributed by atoms with Crippen molar-refractivity contribution in [2.24, 2.45) is 5.73 Å². The maximum atomic E-state index is 12.5. The molecule has 0 aromatic carbocycles. The Labute approximate surface area is 165 Å². The second-order valence-electron chi connectivity index (χ2n) is 6.15. The van der Waals surface area contributed by atoms with Crippen LogP contribution < -0.4 is 11.1 Å². The van der Waals surface area contributed by atoms with Gasteiger partial charge in [0.1, 0.15) is 22.6 Å². The molecule has 1 aliphatic carbocycles. The number of halogens is 3. The Kier molecular flexibility index (Phi) is 6.75. The van der Waals surface area contributed by atoms with E-state index in [2.05, 4.69) is 10.3 Å². The minimum Gasteiger partial charge on any atom is -0.467 e. The summed E-state index contributed by atoms with van der Waals surface area (Å²) in [6.07, 6.45) is 4.62. The van der Waals surface area contributed by atoms with Gasteiger partial charge in [0, 0.05) is 17.5 Å². The highest BCUT2D eigenvalue weighted by Gasteiger charge is 2.19. The van der Waals surface area contributed by atoms with Crippen LogP contribution in [-0.4, -0.2) is 17.2 Å². The standard InChI is InChI=1S/C12H8Cl2N2OS.C6H12FN/c13-8-6-18-12-9(4-10(14)16-11(8)12)15-5-7-2-1-3-17-7;7-5-3-1-2-4-6(5)8/h1-4,6H,5H2,(H,15,16);5-6H,1-4,8H2. The van der Waals surface area contributed by atoms with Crippen LogP contribution in [-0.2, 0) is 6.54 Å². The molecule has 4 nitrogen and oxygen atoms in total. The number of hydrogen-bond acceptors (Lipinski definition) is 5. The molecule has 0 spiro atoms. The smallest absolute Gasteiger partial charge is 0.131 e. The first kappa shape index (κ1) is 19.4. The molecule has 2 unspecified atom stereocenters. The predicted molar refractivity (Wildman–Crippen MR) is 107 cm³/mol. The average molecular weight is 416 g/mol. The van der Waals surface area contributed by atoms with Crippen LogP contribution in [0.5, 0.6) is 0 Å². The highest BCUT2D eigenvalue weighted by Crippen LogP contribution is 2.35. The van der Waals surface area contributed by atoms with E-state index in [9.17, 15) is 4.39 Å². The molecule has 1 saturated carbocycles. The molecule has 0 saturated heterocycles. The predicted octanol–water partition coefficient (Wildman–Crippen LogP) is 6.03. The number of hydrogen-bond donors (Lipinski definition) is 2. The van der Waals surface area contributed by atoms with Crippen molar-refractivity contribution >= 4 is 50.4 Å². The number of thiophene rings is 1. The number of nitrogens with two attached hydrogens (primary N) is 1. The van der Waals surface area contributed by atoms with Crippen LogP contribution in [0.15, 0.2) is 34.3 Å². The van der Waals surface area contributed by atoms with Crippen molar-refractivity contribution in [2.75, 3.05) is 5.32 Å². The van der Waals surface area contributed by atoms with Crippen molar-refractivity contribution in [1.29, 1.82) is 0 Å². The van der Waals surface area contributed by atoms with E-state index < -0.39 is 6.17 Å². The number of nitrogens with zero attached hydrogens (tertiary/aromatic N) is 1. The molecule has 3 aromatic heterocycles. The normalized spacial score (nSPS) is 19.8. The summed E-state index contributed by atoms with van der Waals surface area (Å²) in [7, 11) is 0. The third-order valence-electron chi connectivity index (χ3n) is 4.21. The minimum absolute atomic E-state index is 0.163. The fraction of sp³-hybridized carbons (Fsp3) is 0.389. The van der Waals surface area contributed by atoms with Gasteiger partial charge in [-0.05, 0) is 25.0 Å². The molecule has 1 fully saturated rings. The molecule has 3 aromatic rings. The number of alkyl halides is 1. The van der Waals surface area contributed by atoms with Gasteiger partial charge >= 0.3 is 0 Å². The van der Waals surface area contributed by atoms with Crippen molar-refractivity contribution in [3.05, 3.63) is 45.8 Å². The molecule has 0 bridgehead atoms. The maximum Gasteiger partial charge on any atom is 0.131 e. The summed E-state index contributed by atoms with van der Waals surface area (Å²) < 4.78 is 18.7. The Morgan fingerprint density at radius 2 is 2.15 bits per heavy atom. The minimum atomic E-state index is -0.719. The molecule has 0 amide bonds. The van der Waals surface area contributed by atoms with Gasteiger partial charge in [0.2, 0.25) is 0 Å². The number of rotatable bonds is 3. The van der Waals surface area contributed by atoms with E-state index >= 15 is 0 Å². The van der Waals surface area contributed by atoms with Crippen molar-refractivity contribution in [3.8, 4) is 0 Å². The van der Waals surface area contributed by atoms with Crippen molar-refractivity contribution in [2.45, 2.75) is 44.4 Å². The molecule has 140 valence electrons. The number of fused-ring (bicyclic) bond motifs is 1. The monoisotopic (exact) mass is 415 g/mol. The third-order valence-corrected chi connectivity index (χ3v) is 5.83. The second kappa shape index (κ2) is 9.04. The number of furan rings is 1. The summed E-state index contributed by atoms with van der Waals surface area (Å²) in [6.45, 7) is 0.595. The zero-order valence-corrected chi connectivity index (χ0v) is 16.4. The molecule has 3 N–H and O–H groups in total. The van der Waals surface area contributed by atoms with Gasteiger partial charge < -0.3 is 15.5 Å². The lowest BCUT2D eigenvalue weighted by Gasteiger charge is -2.21. The Morgan fingerprint density at radius 3 is 2.81 bits per heavy atom. The van der Waals surface area contributed by atoms with E-state index in [1.54, 1.807) is 23.7 Å². The summed E-state index contributed by atoms with van der Waals surface area (Å²) in [5, 5.41) is 6.18. The molecule has 1 aliphatic rings. The highest BCUT2D eigenvalue weighted by molar-refractivity contribution is 7.18. The quantitative estimate of drug-likeness (QED) is 0.512. The van der Waals surface area contributed by atoms with Crippen molar-refractivity contribution in [3.63, 3.8) is 0 Å². The average Bonchev–Trinajstić information content (AvgIpc) is 3.27. The van der Waals surface area contributed by atoms with E-state index in [-0.39, 0.29) is 6.04 Å². The van der Waals surface area contributed by atoms with Crippen LogP contribution in [0.4, 0.5) is 10.1 Å². The Bertz CT molecular complexity index is 830. The summed E-state index contributed by atoms with van der Waals surface area (Å²) >= 11 is 13.6. The zero-order chi connectivity index (χ0) is 18.5. The van der Waals surface area contributed by atoms with E-state index in [0.717, 1.165) is 40.9 Å². The van der Waals surface area contributed by atoms with Gasteiger partial charge in [-0.1, -0.05) is 36.0 Å². The van der Waals surface area contributed by atoms with Gasteiger partial charge in [-0.2, -0.15) is 0 Å². The first-order valence-corrected chi connectivity index (χ1v) is 10.1. The number of pyridine rings is 1. The fourth-order valence-electron chi connectivity index (χ4n) is 2.79. The topological polar surface area (TPSA) is 64.1 Å². The van der Waals surface area contributed by atoms with E-state index in [0.29, 0.717) is 23.1 Å². The Hall–Kier alpha value is -1.34. The molecule has 8 heteroatoms. The lowest BCUT2D eigenvalue weighted by atomic mass is 9.95. The summed E-state index contributed by atoms with van der Waals surface area (Å²) in [5.74, 6) is 0.860. The lowest BCUT2D eigenvalue weighted by Crippen LogP contribution is -2.34. The van der Waals surface area contributed by atoms with E-state index in [1.165, 1.54) is 0 Å². The van der Waals surface area contributed by atoms with Gasteiger partial charge in [0.25, 0.3) is 0 Å². The van der Waals surface area contributed by atoms with E-state index in [1.807, 2.05) is 17.5 Å². The van der Waals surface area contributed by atoms with Crippen LogP contribution in [0.3, 0.4) is 0 Å². The van der Waals surface area contributed by atoms with Gasteiger partial charge in [-0.25, -0.2) is 9.37 Å². The van der Waals surface area contributed by atoms with Gasteiger partial charge in [0.15, 0.2) is 0 Å². The largest absolute Gasteiger partial charge is 0.467 e. The second-order valence-corrected chi connectivity index (χ2v) is 7.83. The molecule has 26 heavy (non-hydrogen) atoms. The molecular formula is C18H20Cl2FN3OS. The molecular weight excluding hydrogens is 396 g/mol. The SMILES string of the molecule is Clc1cc(NCc2ccco2)c2scc(Cl)c2n1.NC1CCCCC1F. The Balaban J connectivity index is 0.000000206. The fourth-order valence-corrected chi connectivity index (χ4v) is 4.17. The van der Waals surface area contributed by atoms with E-state index in [4.69, 9.17) is 33.4 Å².